The number of hydrogen-bond donors (Lipinski definition) is 0. The largest absolute Gasteiger partial charge is 0.223 e. The van der Waals surface area contributed by atoms with Crippen molar-refractivity contribution in [3.8, 4) is 11.1 Å². The summed E-state index contributed by atoms with van der Waals surface area (Å²) < 4.78 is 53.7. The highest BCUT2D eigenvalue weighted by Gasteiger charge is 2.23. The lowest BCUT2D eigenvalue weighted by atomic mass is 10.0. The number of benzene rings is 3. The molecule has 0 amide bonds. The molecule has 0 spiro atoms. The van der Waals surface area contributed by atoms with Crippen LogP contribution in [0, 0.1) is 11.6 Å². The van der Waals surface area contributed by atoms with E-state index in [1.165, 1.54) is 24.3 Å². The van der Waals surface area contributed by atoms with Crippen molar-refractivity contribution in [2.24, 2.45) is 0 Å². The van der Waals surface area contributed by atoms with Crippen molar-refractivity contribution in [3.05, 3.63) is 87.9 Å². The second-order valence-corrected chi connectivity index (χ2v) is 8.34. The SMILES string of the molecule is O=S(=O)(Cc1cc(-c2ccccc2)c(F)cc1F)c1cccc(Cl)c1Cl. The van der Waals surface area contributed by atoms with Gasteiger partial charge in [-0.2, -0.15) is 0 Å². The summed E-state index contributed by atoms with van der Waals surface area (Å²) in [7, 11) is -3.98. The summed E-state index contributed by atoms with van der Waals surface area (Å²) in [6.45, 7) is 0. The molecule has 0 N–H and O–H groups in total. The Morgan fingerprint density at radius 3 is 2.23 bits per heavy atom. The topological polar surface area (TPSA) is 34.1 Å². The molecule has 3 aromatic rings. The van der Waals surface area contributed by atoms with Crippen LogP contribution in [0.1, 0.15) is 5.56 Å². The highest BCUT2D eigenvalue weighted by Crippen LogP contribution is 2.32. The number of sulfone groups is 1. The van der Waals surface area contributed by atoms with Crippen LogP contribution in [0.25, 0.3) is 11.1 Å². The second kappa shape index (κ2) is 7.35. The molecule has 0 saturated heterocycles. The molecule has 0 heterocycles. The van der Waals surface area contributed by atoms with E-state index >= 15 is 0 Å². The zero-order valence-corrected chi connectivity index (χ0v) is 15.5. The van der Waals surface area contributed by atoms with Crippen LogP contribution in [0.3, 0.4) is 0 Å². The van der Waals surface area contributed by atoms with E-state index < -0.39 is 27.2 Å². The van der Waals surface area contributed by atoms with Crippen LogP contribution >= 0.6 is 23.2 Å². The standard InChI is InChI=1S/C19H12Cl2F2O2S/c20-15-7-4-8-18(19(15)21)26(24,25)11-13-9-14(17(23)10-16(13)22)12-5-2-1-3-6-12/h1-10H,11H2. The van der Waals surface area contributed by atoms with E-state index in [0.717, 1.165) is 0 Å². The Bertz CT molecular complexity index is 1070. The van der Waals surface area contributed by atoms with Gasteiger partial charge in [-0.15, -0.1) is 0 Å². The highest BCUT2D eigenvalue weighted by atomic mass is 35.5. The maximum absolute atomic E-state index is 14.2. The fraction of sp³-hybridized carbons (Fsp3) is 0.0526. The van der Waals surface area contributed by atoms with Crippen molar-refractivity contribution in [1.82, 2.24) is 0 Å². The minimum absolute atomic E-state index is 0.0808. The Morgan fingerprint density at radius 2 is 1.54 bits per heavy atom. The predicted octanol–water partition coefficient (Wildman–Crippen LogP) is 5.91. The molecule has 3 aromatic carbocycles. The van der Waals surface area contributed by atoms with E-state index in [4.69, 9.17) is 23.2 Å². The minimum atomic E-state index is -3.98. The Labute approximate surface area is 159 Å². The van der Waals surface area contributed by atoms with E-state index in [0.29, 0.717) is 11.6 Å². The summed E-state index contributed by atoms with van der Waals surface area (Å²) in [5, 5.41) is -0.0442. The summed E-state index contributed by atoms with van der Waals surface area (Å²) in [6.07, 6.45) is 0. The summed E-state index contributed by atoms with van der Waals surface area (Å²) in [5.74, 6) is -2.38. The predicted molar refractivity (Wildman–Crippen MR) is 99.1 cm³/mol. The molecule has 0 saturated carbocycles. The first-order chi connectivity index (χ1) is 12.3. The molecule has 0 unspecified atom stereocenters. The zero-order chi connectivity index (χ0) is 18.9. The van der Waals surface area contributed by atoms with Crippen molar-refractivity contribution >= 4 is 33.0 Å². The highest BCUT2D eigenvalue weighted by molar-refractivity contribution is 7.90. The Hall–Kier alpha value is -1.95. The van der Waals surface area contributed by atoms with E-state index in [-0.39, 0.29) is 26.1 Å². The third kappa shape index (κ3) is 3.75. The summed E-state index contributed by atoms with van der Waals surface area (Å²) in [6, 6.07) is 14.6. The maximum Gasteiger partial charge on any atom is 0.184 e. The van der Waals surface area contributed by atoms with Gasteiger partial charge in [0.25, 0.3) is 0 Å². The molecule has 0 aromatic heterocycles. The third-order valence-corrected chi connectivity index (χ3v) is 6.45. The molecule has 26 heavy (non-hydrogen) atoms. The van der Waals surface area contributed by atoms with Crippen LogP contribution < -0.4 is 0 Å². The van der Waals surface area contributed by atoms with Crippen LogP contribution in [0.5, 0.6) is 0 Å². The van der Waals surface area contributed by atoms with Gasteiger partial charge in [-0.05, 0) is 23.8 Å². The van der Waals surface area contributed by atoms with Gasteiger partial charge >= 0.3 is 0 Å². The molecular formula is C19H12Cl2F2O2S. The molecule has 7 heteroatoms. The molecule has 3 rings (SSSR count). The van der Waals surface area contributed by atoms with Crippen LogP contribution in [0.2, 0.25) is 10.0 Å². The lowest BCUT2D eigenvalue weighted by Gasteiger charge is -2.11. The molecular weight excluding hydrogens is 401 g/mol. The fourth-order valence-electron chi connectivity index (χ4n) is 2.55. The van der Waals surface area contributed by atoms with Crippen LogP contribution in [0.15, 0.2) is 65.6 Å². The minimum Gasteiger partial charge on any atom is -0.223 e. The van der Waals surface area contributed by atoms with Crippen molar-refractivity contribution in [2.75, 3.05) is 0 Å². The fourth-order valence-corrected chi connectivity index (χ4v) is 4.71. The van der Waals surface area contributed by atoms with Gasteiger partial charge in [0, 0.05) is 17.2 Å². The van der Waals surface area contributed by atoms with Crippen molar-refractivity contribution in [3.63, 3.8) is 0 Å². The Balaban J connectivity index is 2.06. The van der Waals surface area contributed by atoms with Gasteiger partial charge in [0.15, 0.2) is 9.84 Å². The Kier molecular flexibility index (Phi) is 5.32. The molecule has 0 aliphatic heterocycles. The van der Waals surface area contributed by atoms with Gasteiger partial charge in [0.1, 0.15) is 11.6 Å². The van der Waals surface area contributed by atoms with Gasteiger partial charge in [-0.25, -0.2) is 17.2 Å². The molecule has 2 nitrogen and oxygen atoms in total. The van der Waals surface area contributed by atoms with Crippen LogP contribution in [-0.2, 0) is 15.6 Å². The number of hydrogen-bond acceptors (Lipinski definition) is 2. The normalized spacial score (nSPS) is 11.5. The van der Waals surface area contributed by atoms with Gasteiger partial charge < -0.3 is 0 Å². The van der Waals surface area contributed by atoms with Gasteiger partial charge in [-0.3, -0.25) is 0 Å². The van der Waals surface area contributed by atoms with E-state index in [2.05, 4.69) is 0 Å². The summed E-state index contributed by atoms with van der Waals surface area (Å²) in [5.41, 5.74) is 0.486. The van der Waals surface area contributed by atoms with E-state index in [1.54, 1.807) is 30.3 Å². The summed E-state index contributed by atoms with van der Waals surface area (Å²) in [4.78, 5) is -0.198. The molecule has 0 bridgehead atoms. The number of rotatable bonds is 4. The molecule has 0 atom stereocenters. The molecule has 0 radical (unpaired) electrons. The first-order valence-electron chi connectivity index (χ1n) is 7.50. The van der Waals surface area contributed by atoms with Gasteiger partial charge in [-0.1, -0.05) is 59.6 Å². The maximum atomic E-state index is 14.2. The van der Waals surface area contributed by atoms with Crippen molar-refractivity contribution in [1.29, 1.82) is 0 Å². The van der Waals surface area contributed by atoms with Gasteiger partial charge in [0.2, 0.25) is 0 Å². The first kappa shape index (κ1) is 18.8. The monoisotopic (exact) mass is 412 g/mol. The van der Waals surface area contributed by atoms with Crippen LogP contribution in [-0.4, -0.2) is 8.42 Å². The van der Waals surface area contributed by atoms with Gasteiger partial charge in [0.05, 0.1) is 20.7 Å². The first-order valence-corrected chi connectivity index (χ1v) is 9.90. The second-order valence-electron chi connectivity index (χ2n) is 5.60. The quantitative estimate of drug-likeness (QED) is 0.533. The summed E-state index contributed by atoms with van der Waals surface area (Å²) >= 11 is 11.8. The molecule has 0 aliphatic rings. The lowest BCUT2D eigenvalue weighted by molar-refractivity contribution is 0.571. The molecule has 134 valence electrons. The average molecular weight is 413 g/mol. The lowest BCUT2D eigenvalue weighted by Crippen LogP contribution is -2.08. The molecule has 0 fully saturated rings. The molecule has 0 aliphatic carbocycles. The number of halogens is 4. The van der Waals surface area contributed by atoms with E-state index in [9.17, 15) is 17.2 Å². The van der Waals surface area contributed by atoms with Crippen molar-refractivity contribution < 1.29 is 17.2 Å². The third-order valence-electron chi connectivity index (χ3n) is 3.82. The smallest absolute Gasteiger partial charge is 0.184 e. The average Bonchev–Trinajstić information content (AvgIpc) is 2.60. The Morgan fingerprint density at radius 1 is 0.846 bits per heavy atom. The van der Waals surface area contributed by atoms with E-state index in [1.807, 2.05) is 0 Å². The van der Waals surface area contributed by atoms with Crippen molar-refractivity contribution in [2.45, 2.75) is 10.6 Å². The zero-order valence-electron chi connectivity index (χ0n) is 13.2. The van der Waals surface area contributed by atoms with Crippen LogP contribution in [0.4, 0.5) is 8.78 Å².